The Morgan fingerprint density at radius 2 is 2.16 bits per heavy atom. The van der Waals surface area contributed by atoms with Crippen LogP contribution in [-0.2, 0) is 37.6 Å². The minimum absolute atomic E-state index is 0.00556. The molecule has 1 aromatic heterocycles. The Labute approximate surface area is 187 Å². The van der Waals surface area contributed by atoms with Crippen LogP contribution in [0.25, 0.3) is 0 Å². The van der Waals surface area contributed by atoms with Crippen LogP contribution in [0.2, 0.25) is 0 Å². The van der Waals surface area contributed by atoms with Crippen LogP contribution in [0.3, 0.4) is 0 Å². The number of carbonyl (C=O) groups is 3. The number of piperidine rings is 1. The number of hydrogen-bond donors (Lipinski definition) is 1. The van der Waals surface area contributed by atoms with E-state index in [1.165, 1.54) is 15.3 Å². The van der Waals surface area contributed by atoms with E-state index in [2.05, 4.69) is 30.1 Å². The van der Waals surface area contributed by atoms with Crippen molar-refractivity contribution in [1.29, 1.82) is 0 Å². The van der Waals surface area contributed by atoms with Crippen LogP contribution in [0.4, 0.5) is 0 Å². The predicted octanol–water partition coefficient (Wildman–Crippen LogP) is 1.68. The van der Waals surface area contributed by atoms with Gasteiger partial charge in [0.05, 0.1) is 12.2 Å². The van der Waals surface area contributed by atoms with Crippen LogP contribution in [0.15, 0.2) is 6.07 Å². The van der Waals surface area contributed by atoms with Gasteiger partial charge in [-0.3, -0.25) is 19.7 Å². The monoisotopic (exact) mass is 445 g/mol. The molecule has 1 N–H and O–H groups in total. The van der Waals surface area contributed by atoms with E-state index in [4.69, 9.17) is 4.74 Å². The Balaban J connectivity index is 1.16. The summed E-state index contributed by atoms with van der Waals surface area (Å²) in [7, 11) is 0. The van der Waals surface area contributed by atoms with Crippen LogP contribution in [0.5, 0.6) is 0 Å². The van der Waals surface area contributed by atoms with Gasteiger partial charge in [-0.1, -0.05) is 6.92 Å². The second kappa shape index (κ2) is 7.98. The highest BCUT2D eigenvalue weighted by Gasteiger charge is 2.46. The summed E-state index contributed by atoms with van der Waals surface area (Å²) in [5, 5.41) is 2.23. The maximum absolute atomic E-state index is 12.5. The molecule has 3 saturated heterocycles. The summed E-state index contributed by atoms with van der Waals surface area (Å²) in [5.41, 5.74) is 1.31. The zero-order valence-corrected chi connectivity index (χ0v) is 19.1. The van der Waals surface area contributed by atoms with E-state index in [1.807, 2.05) is 11.3 Å². The predicted molar refractivity (Wildman–Crippen MR) is 117 cm³/mol. The average molecular weight is 446 g/mol. The Morgan fingerprint density at radius 1 is 1.35 bits per heavy atom. The van der Waals surface area contributed by atoms with Crippen molar-refractivity contribution in [2.24, 2.45) is 11.8 Å². The lowest BCUT2D eigenvalue weighted by Gasteiger charge is -2.50. The molecule has 1 aromatic rings. The molecule has 0 aliphatic carbocycles. The van der Waals surface area contributed by atoms with Gasteiger partial charge in [-0.2, -0.15) is 0 Å². The molecule has 0 radical (unpaired) electrons. The number of thiophene rings is 1. The first kappa shape index (κ1) is 21.1. The SMILES string of the molecule is CCc1cc2c(s1)CCO[C@@]21CCN(CC2CN(C(=O)[C@H]3CC(=O)NC3=O)C2)[C@@H](C)C1. The quantitative estimate of drug-likeness (QED) is 0.564. The molecule has 1 spiro atoms. The van der Waals surface area contributed by atoms with E-state index in [0.717, 1.165) is 45.4 Å². The molecule has 0 saturated carbocycles. The zero-order valence-electron chi connectivity index (χ0n) is 18.3. The number of hydrogen-bond acceptors (Lipinski definition) is 6. The summed E-state index contributed by atoms with van der Waals surface area (Å²) in [5.74, 6) is -1.38. The average Bonchev–Trinajstić information content (AvgIpc) is 3.29. The first-order valence-electron chi connectivity index (χ1n) is 11.5. The van der Waals surface area contributed by atoms with Gasteiger partial charge in [-0.25, -0.2) is 0 Å². The molecule has 3 fully saturated rings. The third kappa shape index (κ3) is 3.72. The number of amides is 3. The van der Waals surface area contributed by atoms with Crippen LogP contribution in [0, 0.1) is 11.8 Å². The number of imide groups is 1. The lowest BCUT2D eigenvalue weighted by Crippen LogP contribution is -2.58. The standard InChI is InChI=1S/C23H31N3O4S/c1-3-16-8-18-19(31-16)4-7-30-23(18)5-6-25(14(2)10-23)11-15-12-26(13-15)22(29)17-9-20(27)24-21(17)28/h8,14-15,17H,3-7,9-13H2,1-2H3,(H,24,27,28)/t14-,17-,23+/m0/s1. The second-order valence-electron chi connectivity index (χ2n) is 9.57. The van der Waals surface area contributed by atoms with Crippen molar-refractivity contribution in [3.05, 3.63) is 21.4 Å². The van der Waals surface area contributed by atoms with Crippen LogP contribution in [0.1, 0.15) is 48.4 Å². The van der Waals surface area contributed by atoms with Crippen LogP contribution < -0.4 is 5.32 Å². The van der Waals surface area contributed by atoms with Crippen LogP contribution in [-0.4, -0.2) is 66.3 Å². The third-order valence-electron chi connectivity index (χ3n) is 7.49. The molecule has 7 nitrogen and oxygen atoms in total. The third-order valence-corrected chi connectivity index (χ3v) is 8.83. The van der Waals surface area contributed by atoms with Gasteiger partial charge in [-0.05, 0) is 37.8 Å². The maximum atomic E-state index is 12.5. The topological polar surface area (TPSA) is 79.0 Å². The molecule has 8 heteroatoms. The van der Waals surface area contributed by atoms with Crippen molar-refractivity contribution >= 4 is 29.1 Å². The molecule has 168 valence electrons. The fourth-order valence-corrected chi connectivity index (χ4v) is 6.89. The first-order valence-corrected chi connectivity index (χ1v) is 12.3. The number of nitrogens with one attached hydrogen (secondary N) is 1. The van der Waals surface area contributed by atoms with E-state index in [-0.39, 0.29) is 23.8 Å². The Morgan fingerprint density at radius 3 is 2.84 bits per heavy atom. The highest BCUT2D eigenvalue weighted by Crippen LogP contribution is 2.46. The van der Waals surface area contributed by atoms with Crippen molar-refractivity contribution < 1.29 is 19.1 Å². The van der Waals surface area contributed by atoms with Crippen molar-refractivity contribution in [3.63, 3.8) is 0 Å². The molecule has 4 aliphatic heterocycles. The molecule has 5 heterocycles. The molecule has 0 aromatic carbocycles. The number of likely N-dealkylation sites (tertiary alicyclic amines) is 2. The number of aryl methyl sites for hydroxylation is 1. The number of carbonyl (C=O) groups excluding carboxylic acids is 3. The van der Waals surface area contributed by atoms with Gasteiger partial charge < -0.3 is 14.5 Å². The molecule has 5 rings (SSSR count). The van der Waals surface area contributed by atoms with Gasteiger partial charge >= 0.3 is 0 Å². The van der Waals surface area contributed by atoms with Crippen LogP contribution >= 0.6 is 11.3 Å². The lowest BCUT2D eigenvalue weighted by atomic mass is 9.79. The van der Waals surface area contributed by atoms with E-state index in [9.17, 15) is 14.4 Å². The van der Waals surface area contributed by atoms with Gasteiger partial charge in [0.25, 0.3) is 0 Å². The summed E-state index contributed by atoms with van der Waals surface area (Å²) in [4.78, 5) is 42.9. The lowest BCUT2D eigenvalue weighted by molar-refractivity contribution is -0.147. The Hall–Kier alpha value is -1.77. The highest BCUT2D eigenvalue weighted by molar-refractivity contribution is 7.12. The molecular formula is C23H31N3O4S. The van der Waals surface area contributed by atoms with Gasteiger partial charge in [0.15, 0.2) is 0 Å². The number of rotatable bonds is 4. The van der Waals surface area contributed by atoms with Crippen molar-refractivity contribution in [2.75, 3.05) is 32.8 Å². The molecule has 0 unspecified atom stereocenters. The molecule has 3 amide bonds. The molecule has 0 bridgehead atoms. The van der Waals surface area contributed by atoms with Crippen molar-refractivity contribution in [2.45, 2.75) is 57.6 Å². The van der Waals surface area contributed by atoms with Crippen molar-refractivity contribution in [1.82, 2.24) is 15.1 Å². The van der Waals surface area contributed by atoms with E-state index in [0.29, 0.717) is 25.0 Å². The molecule has 31 heavy (non-hydrogen) atoms. The van der Waals surface area contributed by atoms with Gasteiger partial charge in [-0.15, -0.1) is 11.3 Å². The highest BCUT2D eigenvalue weighted by atomic mass is 32.1. The normalized spacial score (nSPS) is 31.6. The van der Waals surface area contributed by atoms with E-state index in [1.54, 1.807) is 4.90 Å². The largest absolute Gasteiger partial charge is 0.370 e. The van der Waals surface area contributed by atoms with Gasteiger partial charge in [0.1, 0.15) is 5.92 Å². The number of ether oxygens (including phenoxy) is 1. The smallest absolute Gasteiger partial charge is 0.239 e. The summed E-state index contributed by atoms with van der Waals surface area (Å²) in [6.07, 6.45) is 4.15. The minimum atomic E-state index is -0.821. The summed E-state index contributed by atoms with van der Waals surface area (Å²) in [6.45, 7) is 8.66. The summed E-state index contributed by atoms with van der Waals surface area (Å²) < 4.78 is 6.44. The number of fused-ring (bicyclic) bond motifs is 2. The molecular weight excluding hydrogens is 414 g/mol. The Kier molecular flexibility index (Phi) is 5.43. The molecule has 4 aliphatic rings. The van der Waals surface area contributed by atoms with Gasteiger partial charge in [0.2, 0.25) is 17.7 Å². The van der Waals surface area contributed by atoms with E-state index < -0.39 is 11.8 Å². The van der Waals surface area contributed by atoms with Gasteiger partial charge in [0, 0.05) is 60.7 Å². The minimum Gasteiger partial charge on any atom is -0.370 e. The second-order valence-corrected chi connectivity index (χ2v) is 10.8. The maximum Gasteiger partial charge on any atom is 0.239 e. The Bertz CT molecular complexity index is 909. The number of nitrogens with zero attached hydrogens (tertiary/aromatic N) is 2. The first-order chi connectivity index (χ1) is 14.9. The van der Waals surface area contributed by atoms with E-state index >= 15 is 0 Å². The summed E-state index contributed by atoms with van der Waals surface area (Å²) in [6, 6.07) is 2.81. The fraction of sp³-hybridized carbons (Fsp3) is 0.696. The molecule has 3 atom stereocenters. The zero-order chi connectivity index (χ0) is 21.8. The fourth-order valence-electron chi connectivity index (χ4n) is 5.72. The summed E-state index contributed by atoms with van der Waals surface area (Å²) >= 11 is 1.96. The van der Waals surface area contributed by atoms with Crippen molar-refractivity contribution in [3.8, 4) is 0 Å².